The van der Waals surface area contributed by atoms with Crippen LogP contribution in [0.5, 0.6) is 23.0 Å². The molecule has 0 aliphatic rings. The van der Waals surface area contributed by atoms with E-state index in [-0.39, 0.29) is 27.1 Å². The SMILES string of the molecule is CC(=O)Oc1c(O)cc2c(=O)oc3c(O)c(O)cc4c(=O)oc1c2c34. The molecule has 126 valence electrons. The van der Waals surface area contributed by atoms with E-state index in [0.29, 0.717) is 0 Å². The fraction of sp³-hybridized carbons (Fsp3) is 0.0625. The normalized spacial score (nSPS) is 11.6. The molecular formula is C16H8O9. The molecule has 3 N–H and O–H groups in total. The van der Waals surface area contributed by atoms with E-state index in [2.05, 4.69) is 0 Å². The van der Waals surface area contributed by atoms with Crippen molar-refractivity contribution in [1.29, 1.82) is 0 Å². The highest BCUT2D eigenvalue weighted by Gasteiger charge is 2.26. The third-order valence-corrected chi connectivity index (χ3v) is 3.78. The highest BCUT2D eigenvalue weighted by Crippen LogP contribution is 2.44. The van der Waals surface area contributed by atoms with Gasteiger partial charge in [-0.15, -0.1) is 0 Å². The second-order valence-corrected chi connectivity index (χ2v) is 5.35. The molecule has 4 aromatic rings. The van der Waals surface area contributed by atoms with E-state index in [1.165, 1.54) is 0 Å². The molecule has 0 atom stereocenters. The summed E-state index contributed by atoms with van der Waals surface area (Å²) in [5.74, 6) is -3.26. The maximum absolute atomic E-state index is 12.3. The summed E-state index contributed by atoms with van der Waals surface area (Å²) in [6.07, 6.45) is 0. The van der Waals surface area contributed by atoms with Crippen molar-refractivity contribution in [2.24, 2.45) is 0 Å². The lowest BCUT2D eigenvalue weighted by atomic mass is 10.0. The van der Waals surface area contributed by atoms with Crippen LogP contribution >= 0.6 is 0 Å². The van der Waals surface area contributed by atoms with Crippen LogP contribution in [0.1, 0.15) is 6.92 Å². The van der Waals surface area contributed by atoms with Crippen LogP contribution in [0.15, 0.2) is 30.6 Å². The van der Waals surface area contributed by atoms with Gasteiger partial charge in [0.1, 0.15) is 0 Å². The molecule has 0 unspecified atom stereocenters. The van der Waals surface area contributed by atoms with Crippen molar-refractivity contribution < 1.29 is 33.7 Å². The van der Waals surface area contributed by atoms with E-state index in [1.807, 2.05) is 0 Å². The monoisotopic (exact) mass is 344 g/mol. The predicted octanol–water partition coefficient (Wildman–Crippen LogP) is 1.53. The van der Waals surface area contributed by atoms with Crippen LogP contribution in [0.2, 0.25) is 0 Å². The number of ether oxygens (including phenoxy) is 1. The van der Waals surface area contributed by atoms with Gasteiger partial charge in [0.15, 0.2) is 22.7 Å². The maximum atomic E-state index is 12.3. The molecule has 0 saturated heterocycles. The minimum atomic E-state index is -0.960. The number of esters is 1. The molecule has 0 aliphatic carbocycles. The van der Waals surface area contributed by atoms with Crippen LogP contribution in [0, 0.1) is 0 Å². The van der Waals surface area contributed by atoms with Gasteiger partial charge in [-0.25, -0.2) is 9.59 Å². The molecule has 4 rings (SSSR count). The van der Waals surface area contributed by atoms with Gasteiger partial charge in [0.2, 0.25) is 11.5 Å². The highest BCUT2D eigenvalue weighted by molar-refractivity contribution is 6.22. The maximum Gasteiger partial charge on any atom is 0.344 e. The second-order valence-electron chi connectivity index (χ2n) is 5.35. The van der Waals surface area contributed by atoms with Gasteiger partial charge < -0.3 is 28.9 Å². The Kier molecular flexibility index (Phi) is 2.75. The molecule has 0 fully saturated rings. The zero-order valence-corrected chi connectivity index (χ0v) is 12.4. The fourth-order valence-electron chi connectivity index (χ4n) is 2.81. The van der Waals surface area contributed by atoms with Crippen LogP contribution in [0.4, 0.5) is 0 Å². The van der Waals surface area contributed by atoms with E-state index in [9.17, 15) is 29.7 Å². The molecule has 0 saturated carbocycles. The molecule has 9 heteroatoms. The smallest absolute Gasteiger partial charge is 0.344 e. The second kappa shape index (κ2) is 4.63. The van der Waals surface area contributed by atoms with Crippen molar-refractivity contribution in [2.75, 3.05) is 0 Å². The van der Waals surface area contributed by atoms with Gasteiger partial charge in [0, 0.05) is 17.7 Å². The lowest BCUT2D eigenvalue weighted by Crippen LogP contribution is -2.09. The van der Waals surface area contributed by atoms with Gasteiger partial charge in [-0.05, 0) is 12.1 Å². The van der Waals surface area contributed by atoms with Gasteiger partial charge >= 0.3 is 17.2 Å². The van der Waals surface area contributed by atoms with Crippen molar-refractivity contribution in [3.05, 3.63) is 33.0 Å². The Morgan fingerprint density at radius 2 is 1.44 bits per heavy atom. The summed E-state index contributed by atoms with van der Waals surface area (Å²) in [6.45, 7) is 1.08. The first-order valence-electron chi connectivity index (χ1n) is 6.91. The van der Waals surface area contributed by atoms with Gasteiger partial charge in [-0.1, -0.05) is 0 Å². The van der Waals surface area contributed by atoms with Crippen molar-refractivity contribution in [2.45, 2.75) is 6.92 Å². The lowest BCUT2D eigenvalue weighted by Gasteiger charge is -2.12. The summed E-state index contributed by atoms with van der Waals surface area (Å²) in [7, 11) is 0. The Morgan fingerprint density at radius 3 is 2.04 bits per heavy atom. The van der Waals surface area contributed by atoms with Crippen molar-refractivity contribution in [3.8, 4) is 23.0 Å². The number of phenolic OH excluding ortho intramolecular Hbond substituents is 3. The van der Waals surface area contributed by atoms with E-state index in [1.54, 1.807) is 0 Å². The molecule has 0 radical (unpaired) electrons. The van der Waals surface area contributed by atoms with Gasteiger partial charge in [0.05, 0.1) is 10.8 Å². The highest BCUT2D eigenvalue weighted by atomic mass is 16.5. The van der Waals surface area contributed by atoms with Gasteiger partial charge in [-0.2, -0.15) is 0 Å². The molecule has 0 bridgehead atoms. The topological polar surface area (TPSA) is 147 Å². The Labute approximate surface area is 136 Å². The van der Waals surface area contributed by atoms with Crippen LogP contribution in [-0.4, -0.2) is 21.3 Å². The molecule has 2 aromatic heterocycles. The number of phenols is 3. The van der Waals surface area contributed by atoms with E-state index in [4.69, 9.17) is 13.6 Å². The lowest BCUT2D eigenvalue weighted by molar-refractivity contribution is -0.131. The quantitative estimate of drug-likeness (QED) is 0.154. The van der Waals surface area contributed by atoms with E-state index in [0.717, 1.165) is 19.1 Å². The first kappa shape index (κ1) is 14.8. The molecule has 0 aliphatic heterocycles. The predicted molar refractivity (Wildman–Crippen MR) is 83.5 cm³/mol. The van der Waals surface area contributed by atoms with Crippen LogP contribution in [0.25, 0.3) is 32.7 Å². The molecule has 2 aromatic carbocycles. The van der Waals surface area contributed by atoms with Crippen LogP contribution in [-0.2, 0) is 4.79 Å². The number of aromatic hydroxyl groups is 3. The molecule has 0 amide bonds. The average Bonchev–Trinajstić information content (AvgIpc) is 2.53. The summed E-state index contributed by atoms with van der Waals surface area (Å²) in [6, 6.07) is 1.95. The third-order valence-electron chi connectivity index (χ3n) is 3.78. The van der Waals surface area contributed by atoms with Crippen LogP contribution < -0.4 is 16.0 Å². The largest absolute Gasteiger partial charge is 0.504 e. The van der Waals surface area contributed by atoms with Crippen molar-refractivity contribution >= 4 is 38.7 Å². The first-order valence-corrected chi connectivity index (χ1v) is 6.91. The van der Waals surface area contributed by atoms with Crippen molar-refractivity contribution in [3.63, 3.8) is 0 Å². The number of hydrogen-bond donors (Lipinski definition) is 3. The van der Waals surface area contributed by atoms with Crippen LogP contribution in [0.3, 0.4) is 0 Å². The Balaban J connectivity index is 2.41. The van der Waals surface area contributed by atoms with Crippen molar-refractivity contribution in [1.82, 2.24) is 0 Å². The number of benzene rings is 2. The molecule has 25 heavy (non-hydrogen) atoms. The zero-order chi connectivity index (χ0) is 18.0. The van der Waals surface area contributed by atoms with E-state index >= 15 is 0 Å². The fourth-order valence-corrected chi connectivity index (χ4v) is 2.81. The Bertz CT molecular complexity index is 1310. The minimum Gasteiger partial charge on any atom is -0.504 e. The van der Waals surface area contributed by atoms with E-state index < -0.39 is 45.8 Å². The standard InChI is InChI=1S/C16H8O9/c1-4(17)23-12-8(19)3-6-10-9-5(16(22)25-14(10)12)2-7(18)11(20)13(9)24-15(6)21/h2-3,18-20H,1H3. The zero-order valence-electron chi connectivity index (χ0n) is 12.4. The molecular weight excluding hydrogens is 336 g/mol. The molecule has 9 nitrogen and oxygen atoms in total. The molecule has 2 heterocycles. The minimum absolute atomic E-state index is 0.00481. The summed E-state index contributed by atoms with van der Waals surface area (Å²) >= 11 is 0. The third kappa shape index (κ3) is 1.86. The number of rotatable bonds is 1. The van der Waals surface area contributed by atoms with Gasteiger partial charge in [0.25, 0.3) is 0 Å². The number of carbonyl (C=O) groups is 1. The van der Waals surface area contributed by atoms with Gasteiger partial charge in [-0.3, -0.25) is 4.79 Å². The summed E-state index contributed by atoms with van der Waals surface area (Å²) in [5.41, 5.74) is -2.70. The molecule has 0 spiro atoms. The number of carbonyl (C=O) groups excluding carboxylic acids is 1. The Hall–Kier alpha value is -3.75. The summed E-state index contributed by atoms with van der Waals surface area (Å²) in [4.78, 5) is 35.7. The summed E-state index contributed by atoms with van der Waals surface area (Å²) < 4.78 is 15.0. The first-order chi connectivity index (χ1) is 11.8. The summed E-state index contributed by atoms with van der Waals surface area (Å²) in [5, 5.41) is 29.4. The Morgan fingerprint density at radius 1 is 0.920 bits per heavy atom. The number of hydrogen-bond acceptors (Lipinski definition) is 9. The average molecular weight is 344 g/mol.